The number of hydrogen-bond donors (Lipinski definition) is 1. The van der Waals surface area contributed by atoms with Crippen LogP contribution in [0.2, 0.25) is 0 Å². The van der Waals surface area contributed by atoms with E-state index in [2.05, 4.69) is 14.9 Å². The largest absolute Gasteiger partial charge is 0.472 e. The third-order valence-electron chi connectivity index (χ3n) is 4.33. The van der Waals surface area contributed by atoms with Crippen LogP contribution < -0.4 is 10.5 Å². The Balaban J connectivity index is 1.57. The number of hydrogen-bond acceptors (Lipinski definition) is 4. The average Bonchev–Trinajstić information content (AvgIpc) is 2.92. The number of guanidine groups is 1. The van der Waals surface area contributed by atoms with Crippen LogP contribution in [0.1, 0.15) is 37.7 Å². The maximum Gasteiger partial charge on any atom is 0.213 e. The average molecular weight is 318 g/mol. The molecule has 6 nitrogen and oxygen atoms in total. The number of ether oxygens (including phenoxy) is 2. The van der Waals surface area contributed by atoms with Gasteiger partial charge in [-0.3, -0.25) is 0 Å². The Morgan fingerprint density at radius 3 is 2.91 bits per heavy atom. The second kappa shape index (κ2) is 8.15. The van der Waals surface area contributed by atoms with Gasteiger partial charge in [0.25, 0.3) is 0 Å². The summed E-state index contributed by atoms with van der Waals surface area (Å²) in [6.45, 7) is 4.00. The van der Waals surface area contributed by atoms with Gasteiger partial charge in [0, 0.05) is 31.8 Å². The van der Waals surface area contributed by atoms with E-state index < -0.39 is 0 Å². The minimum Gasteiger partial charge on any atom is -0.472 e. The van der Waals surface area contributed by atoms with Gasteiger partial charge in [0.05, 0.1) is 19.8 Å². The molecule has 23 heavy (non-hydrogen) atoms. The molecule has 0 bridgehead atoms. The maximum atomic E-state index is 6.15. The topological polar surface area (TPSA) is 73.0 Å². The number of rotatable bonds is 4. The molecule has 0 saturated carbocycles. The second-order valence-electron chi connectivity index (χ2n) is 6.18. The highest BCUT2D eigenvalue weighted by atomic mass is 16.5. The first-order valence-corrected chi connectivity index (χ1v) is 8.55. The molecule has 1 unspecified atom stereocenters. The highest BCUT2D eigenvalue weighted by molar-refractivity contribution is 5.78. The second-order valence-corrected chi connectivity index (χ2v) is 6.18. The third-order valence-corrected chi connectivity index (χ3v) is 4.33. The van der Waals surface area contributed by atoms with Crippen molar-refractivity contribution in [1.82, 2.24) is 9.88 Å². The van der Waals surface area contributed by atoms with Gasteiger partial charge in [0.15, 0.2) is 5.96 Å². The van der Waals surface area contributed by atoms with E-state index in [1.807, 2.05) is 12.1 Å². The first-order chi connectivity index (χ1) is 11.3. The number of pyridine rings is 1. The Morgan fingerprint density at radius 1 is 1.35 bits per heavy atom. The Morgan fingerprint density at radius 2 is 2.17 bits per heavy atom. The molecule has 0 aliphatic carbocycles. The minimum absolute atomic E-state index is 0.114. The van der Waals surface area contributed by atoms with Crippen molar-refractivity contribution in [3.63, 3.8) is 0 Å². The van der Waals surface area contributed by atoms with Crippen molar-refractivity contribution in [2.45, 2.75) is 44.8 Å². The summed E-state index contributed by atoms with van der Waals surface area (Å²) in [4.78, 5) is 11.0. The molecule has 0 amide bonds. The van der Waals surface area contributed by atoms with Gasteiger partial charge in [0.1, 0.15) is 6.10 Å². The molecule has 6 heteroatoms. The first-order valence-electron chi connectivity index (χ1n) is 8.55. The van der Waals surface area contributed by atoms with Crippen molar-refractivity contribution in [1.29, 1.82) is 0 Å². The van der Waals surface area contributed by atoms with Gasteiger partial charge in [-0.1, -0.05) is 12.8 Å². The Labute approximate surface area is 137 Å². The fraction of sp³-hybridized carbons (Fsp3) is 0.647. The van der Waals surface area contributed by atoms with Gasteiger partial charge in [-0.2, -0.15) is 0 Å². The molecule has 0 spiro atoms. The van der Waals surface area contributed by atoms with Gasteiger partial charge in [-0.05, 0) is 24.5 Å². The predicted octanol–water partition coefficient (Wildman–Crippen LogP) is 1.94. The van der Waals surface area contributed by atoms with Crippen LogP contribution in [0.5, 0.6) is 5.88 Å². The van der Waals surface area contributed by atoms with E-state index in [0.29, 0.717) is 25.0 Å². The van der Waals surface area contributed by atoms with Crippen LogP contribution >= 0.6 is 0 Å². The molecule has 0 radical (unpaired) electrons. The summed E-state index contributed by atoms with van der Waals surface area (Å²) in [5.74, 6) is 1.29. The Hall–Kier alpha value is -1.82. The fourth-order valence-corrected chi connectivity index (χ4v) is 2.96. The minimum atomic E-state index is 0.114. The van der Waals surface area contributed by atoms with Gasteiger partial charge in [-0.15, -0.1) is 0 Å². The summed E-state index contributed by atoms with van der Waals surface area (Å²) in [6.07, 6.45) is 7.78. The van der Waals surface area contributed by atoms with Crippen molar-refractivity contribution < 1.29 is 9.47 Å². The van der Waals surface area contributed by atoms with Gasteiger partial charge < -0.3 is 20.1 Å². The molecule has 1 atom stereocenters. The quantitative estimate of drug-likeness (QED) is 0.678. The lowest BCUT2D eigenvalue weighted by molar-refractivity contribution is 0.138. The van der Waals surface area contributed by atoms with Crippen molar-refractivity contribution in [3.8, 4) is 5.88 Å². The molecule has 3 heterocycles. The number of likely N-dealkylation sites (tertiary alicyclic amines) is 1. The molecule has 2 saturated heterocycles. The van der Waals surface area contributed by atoms with Crippen molar-refractivity contribution in [2.75, 3.05) is 26.3 Å². The first kappa shape index (κ1) is 16.1. The standard InChI is InChI=1S/C17H26N4O2/c18-17(21-8-3-1-2-4-9-21)20-12-14-5-7-19-16(11-14)23-15-6-10-22-13-15/h5,7,11,15H,1-4,6,8-10,12-13H2,(H2,18,20). The molecule has 3 rings (SSSR count). The summed E-state index contributed by atoms with van der Waals surface area (Å²) in [6, 6.07) is 3.90. The van der Waals surface area contributed by atoms with Crippen molar-refractivity contribution in [3.05, 3.63) is 23.9 Å². The normalized spacial score (nSPS) is 22.9. The maximum absolute atomic E-state index is 6.15. The SMILES string of the molecule is NC(=NCc1ccnc(OC2CCOC2)c1)N1CCCCCC1. The van der Waals surface area contributed by atoms with Gasteiger partial charge in [-0.25, -0.2) is 9.98 Å². The van der Waals surface area contributed by atoms with Gasteiger partial charge in [0.2, 0.25) is 5.88 Å². The summed E-state index contributed by atoms with van der Waals surface area (Å²) < 4.78 is 11.1. The van der Waals surface area contributed by atoms with Crippen LogP contribution in [0.15, 0.2) is 23.3 Å². The number of aliphatic imine (C=N–C) groups is 1. The van der Waals surface area contributed by atoms with Crippen LogP contribution in [0.25, 0.3) is 0 Å². The van der Waals surface area contributed by atoms with Crippen LogP contribution in [-0.2, 0) is 11.3 Å². The van der Waals surface area contributed by atoms with Crippen LogP contribution in [0, 0.1) is 0 Å². The Bertz CT molecular complexity index is 521. The lowest BCUT2D eigenvalue weighted by Crippen LogP contribution is -2.38. The van der Waals surface area contributed by atoms with Gasteiger partial charge >= 0.3 is 0 Å². The smallest absolute Gasteiger partial charge is 0.213 e. The molecule has 126 valence electrons. The predicted molar refractivity (Wildman–Crippen MR) is 89.5 cm³/mol. The van der Waals surface area contributed by atoms with Crippen LogP contribution in [0.4, 0.5) is 0 Å². The molecule has 1 aromatic rings. The van der Waals surface area contributed by atoms with Crippen LogP contribution in [-0.4, -0.2) is 48.3 Å². The van der Waals surface area contributed by atoms with Crippen molar-refractivity contribution in [2.24, 2.45) is 10.7 Å². The zero-order chi connectivity index (χ0) is 15.9. The number of nitrogens with two attached hydrogens (primary N) is 1. The highest BCUT2D eigenvalue weighted by Gasteiger charge is 2.17. The zero-order valence-electron chi connectivity index (χ0n) is 13.6. The summed E-state index contributed by atoms with van der Waals surface area (Å²) in [7, 11) is 0. The molecule has 2 fully saturated rings. The van der Waals surface area contributed by atoms with E-state index in [0.717, 1.165) is 31.7 Å². The molecular weight excluding hydrogens is 292 g/mol. The summed E-state index contributed by atoms with van der Waals surface area (Å²) in [5.41, 5.74) is 7.21. The summed E-state index contributed by atoms with van der Waals surface area (Å²) >= 11 is 0. The lowest BCUT2D eigenvalue weighted by atomic mass is 10.2. The third kappa shape index (κ3) is 4.82. The van der Waals surface area contributed by atoms with Crippen molar-refractivity contribution >= 4 is 5.96 Å². The Kier molecular flexibility index (Phi) is 5.69. The van der Waals surface area contributed by atoms with E-state index in [1.54, 1.807) is 6.20 Å². The van der Waals surface area contributed by atoms with E-state index in [4.69, 9.17) is 15.2 Å². The summed E-state index contributed by atoms with van der Waals surface area (Å²) in [5, 5.41) is 0. The highest BCUT2D eigenvalue weighted by Crippen LogP contribution is 2.16. The molecule has 2 aliphatic heterocycles. The van der Waals surface area contributed by atoms with E-state index in [1.165, 1.54) is 25.7 Å². The molecule has 0 aromatic carbocycles. The lowest BCUT2D eigenvalue weighted by Gasteiger charge is -2.21. The van der Waals surface area contributed by atoms with Crippen LogP contribution in [0.3, 0.4) is 0 Å². The monoisotopic (exact) mass is 318 g/mol. The molecule has 2 aliphatic rings. The van der Waals surface area contributed by atoms with E-state index in [9.17, 15) is 0 Å². The molecular formula is C17H26N4O2. The zero-order valence-corrected chi connectivity index (χ0v) is 13.6. The van der Waals surface area contributed by atoms with E-state index >= 15 is 0 Å². The number of nitrogens with zero attached hydrogens (tertiary/aromatic N) is 3. The molecule has 2 N–H and O–H groups in total. The van der Waals surface area contributed by atoms with E-state index in [-0.39, 0.29) is 6.10 Å². The fourth-order valence-electron chi connectivity index (χ4n) is 2.96. The number of aromatic nitrogens is 1. The molecule has 1 aromatic heterocycles.